The molecule has 1 rings (SSSR count). The van der Waals surface area contributed by atoms with Gasteiger partial charge in [0.05, 0.1) is 0 Å². The number of hydrogen-bond acceptors (Lipinski definition) is 2. The number of hydrogen-bond donors (Lipinski definition) is 0. The van der Waals surface area contributed by atoms with Gasteiger partial charge in [-0.05, 0) is 13.3 Å². The number of nitrogens with zero attached hydrogens (tertiary/aromatic N) is 2. The van der Waals surface area contributed by atoms with Crippen LogP contribution in [0.4, 0.5) is 4.79 Å². The minimum absolute atomic E-state index is 0.0793. The highest BCUT2D eigenvalue weighted by Gasteiger charge is 2.39. The van der Waals surface area contributed by atoms with Crippen molar-refractivity contribution in [3.63, 3.8) is 0 Å². The molecular formula is C8H14N2O2. The van der Waals surface area contributed by atoms with Crippen LogP contribution in [0.3, 0.4) is 0 Å². The predicted octanol–water partition coefficient (Wildman–Crippen LogP) is 0.679. The summed E-state index contributed by atoms with van der Waals surface area (Å²) in [6.07, 6.45) is 0.818. The fraction of sp³-hybridized carbons (Fsp3) is 0.750. The second kappa shape index (κ2) is 3.13. The van der Waals surface area contributed by atoms with Gasteiger partial charge >= 0.3 is 6.03 Å². The molecule has 1 atom stereocenters. The monoisotopic (exact) mass is 170 g/mol. The smallest absolute Gasteiger partial charge is 0.316 e. The molecule has 4 nitrogen and oxygen atoms in total. The van der Waals surface area contributed by atoms with Crippen LogP contribution >= 0.6 is 0 Å². The summed E-state index contributed by atoms with van der Waals surface area (Å²) in [6.45, 7) is 4.23. The van der Waals surface area contributed by atoms with Gasteiger partial charge in [-0.1, -0.05) is 6.92 Å². The Kier molecular flexibility index (Phi) is 2.35. The maximum atomic E-state index is 11.4. The van der Waals surface area contributed by atoms with Gasteiger partial charge in [-0.3, -0.25) is 9.69 Å². The van der Waals surface area contributed by atoms with Crippen LogP contribution in [0.1, 0.15) is 20.3 Å². The van der Waals surface area contributed by atoms with E-state index in [4.69, 9.17) is 0 Å². The van der Waals surface area contributed by atoms with Gasteiger partial charge in [0.15, 0.2) is 0 Å². The highest BCUT2D eigenvalue weighted by molar-refractivity contribution is 6.03. The van der Waals surface area contributed by atoms with Crippen molar-refractivity contribution in [1.82, 2.24) is 9.80 Å². The maximum absolute atomic E-state index is 11.4. The Labute approximate surface area is 72.1 Å². The largest absolute Gasteiger partial charge is 0.327 e. The van der Waals surface area contributed by atoms with Gasteiger partial charge in [-0.15, -0.1) is 0 Å². The van der Waals surface area contributed by atoms with Crippen molar-refractivity contribution < 1.29 is 9.59 Å². The molecule has 1 heterocycles. The number of imide groups is 1. The van der Waals surface area contributed by atoms with Gasteiger partial charge in [0.2, 0.25) is 0 Å². The van der Waals surface area contributed by atoms with Gasteiger partial charge in [0, 0.05) is 13.6 Å². The lowest BCUT2D eigenvalue weighted by atomic mass is 10.3. The summed E-state index contributed by atoms with van der Waals surface area (Å²) in [5, 5.41) is 0. The van der Waals surface area contributed by atoms with Gasteiger partial charge in [0.25, 0.3) is 5.91 Å². The van der Waals surface area contributed by atoms with Crippen LogP contribution in [0.2, 0.25) is 0 Å². The minimum Gasteiger partial charge on any atom is -0.316 e. The Bertz CT molecular complexity index is 195. The van der Waals surface area contributed by atoms with Crippen LogP contribution in [-0.4, -0.2) is 41.4 Å². The Morgan fingerprint density at radius 1 is 1.42 bits per heavy atom. The topological polar surface area (TPSA) is 40.6 Å². The van der Waals surface area contributed by atoms with Crippen LogP contribution in [0.15, 0.2) is 0 Å². The average molecular weight is 170 g/mol. The van der Waals surface area contributed by atoms with E-state index in [1.165, 1.54) is 9.80 Å². The summed E-state index contributed by atoms with van der Waals surface area (Å²) in [4.78, 5) is 25.5. The Morgan fingerprint density at radius 3 is 2.33 bits per heavy atom. The maximum Gasteiger partial charge on any atom is 0.327 e. The van der Waals surface area contributed by atoms with Crippen molar-refractivity contribution in [3.05, 3.63) is 0 Å². The van der Waals surface area contributed by atoms with Crippen LogP contribution in [0.5, 0.6) is 0 Å². The molecule has 1 aliphatic heterocycles. The minimum atomic E-state index is -0.288. The lowest BCUT2D eigenvalue weighted by molar-refractivity contribution is -0.127. The van der Waals surface area contributed by atoms with E-state index in [1.807, 2.05) is 6.92 Å². The molecule has 1 fully saturated rings. The summed E-state index contributed by atoms with van der Waals surface area (Å²) in [5.41, 5.74) is 0. The van der Waals surface area contributed by atoms with Gasteiger partial charge in [-0.2, -0.15) is 0 Å². The fourth-order valence-corrected chi connectivity index (χ4v) is 1.27. The van der Waals surface area contributed by atoms with Crippen molar-refractivity contribution >= 4 is 11.9 Å². The highest BCUT2D eigenvalue weighted by Crippen LogP contribution is 2.14. The van der Waals surface area contributed by atoms with E-state index >= 15 is 0 Å². The zero-order valence-electron chi connectivity index (χ0n) is 7.70. The molecule has 0 spiro atoms. The Balaban J connectivity index is 2.76. The summed E-state index contributed by atoms with van der Waals surface area (Å²) in [5.74, 6) is -0.0793. The van der Waals surface area contributed by atoms with Crippen LogP contribution in [0.25, 0.3) is 0 Å². The van der Waals surface area contributed by atoms with Gasteiger partial charge in [0.1, 0.15) is 6.04 Å². The van der Waals surface area contributed by atoms with Gasteiger partial charge in [-0.25, -0.2) is 4.79 Å². The predicted molar refractivity (Wildman–Crippen MR) is 44.6 cm³/mol. The van der Waals surface area contributed by atoms with E-state index in [-0.39, 0.29) is 18.0 Å². The molecule has 0 aromatic carbocycles. The first-order valence-corrected chi connectivity index (χ1v) is 4.17. The third-order valence-corrected chi connectivity index (χ3v) is 2.18. The van der Waals surface area contributed by atoms with Crippen molar-refractivity contribution in [3.8, 4) is 0 Å². The number of likely N-dealkylation sites (N-methyl/N-ethyl adjacent to an activating group) is 1. The quantitative estimate of drug-likeness (QED) is 0.572. The van der Waals surface area contributed by atoms with Crippen molar-refractivity contribution in [2.24, 2.45) is 0 Å². The molecular weight excluding hydrogens is 156 g/mol. The first kappa shape index (κ1) is 9.03. The summed E-state index contributed by atoms with van der Waals surface area (Å²) in [6, 6.07) is -0.460. The van der Waals surface area contributed by atoms with E-state index in [1.54, 1.807) is 14.0 Å². The zero-order valence-corrected chi connectivity index (χ0v) is 7.70. The second-order valence-corrected chi connectivity index (χ2v) is 3.06. The lowest BCUT2D eigenvalue weighted by Crippen LogP contribution is -2.32. The third kappa shape index (κ3) is 1.17. The van der Waals surface area contributed by atoms with Crippen LogP contribution in [-0.2, 0) is 4.79 Å². The standard InChI is InChI=1S/C8H14N2O2/c1-4-5-10-7(11)6(2)9(3)8(10)12/h6H,4-5H2,1-3H3. The first-order chi connectivity index (χ1) is 5.59. The number of carbonyl (C=O) groups excluding carboxylic acids is 2. The van der Waals surface area contributed by atoms with Crippen molar-refractivity contribution in [2.45, 2.75) is 26.3 Å². The van der Waals surface area contributed by atoms with Gasteiger partial charge < -0.3 is 4.90 Å². The van der Waals surface area contributed by atoms with Crippen molar-refractivity contribution in [2.75, 3.05) is 13.6 Å². The molecule has 3 amide bonds. The molecule has 0 bridgehead atoms. The molecule has 1 unspecified atom stereocenters. The van der Waals surface area contributed by atoms with E-state index in [0.717, 1.165) is 6.42 Å². The molecule has 1 aliphatic rings. The third-order valence-electron chi connectivity index (χ3n) is 2.18. The second-order valence-electron chi connectivity index (χ2n) is 3.06. The molecule has 0 radical (unpaired) electrons. The fourth-order valence-electron chi connectivity index (χ4n) is 1.27. The summed E-state index contributed by atoms with van der Waals surface area (Å²) in [7, 11) is 1.65. The normalized spacial score (nSPS) is 24.1. The van der Waals surface area contributed by atoms with E-state index in [9.17, 15) is 9.59 Å². The first-order valence-electron chi connectivity index (χ1n) is 4.17. The summed E-state index contributed by atoms with van der Waals surface area (Å²) >= 11 is 0. The van der Waals surface area contributed by atoms with E-state index in [2.05, 4.69) is 0 Å². The molecule has 0 N–H and O–H groups in total. The Morgan fingerprint density at radius 2 is 2.00 bits per heavy atom. The van der Waals surface area contributed by atoms with Crippen LogP contribution in [0, 0.1) is 0 Å². The molecule has 1 saturated heterocycles. The molecule has 0 aromatic rings. The molecule has 0 aliphatic carbocycles. The van der Waals surface area contributed by atoms with Crippen LogP contribution < -0.4 is 0 Å². The van der Waals surface area contributed by atoms with E-state index < -0.39 is 0 Å². The zero-order chi connectivity index (χ0) is 9.30. The number of carbonyl (C=O) groups is 2. The molecule has 4 heteroatoms. The number of amides is 3. The number of rotatable bonds is 2. The van der Waals surface area contributed by atoms with Crippen molar-refractivity contribution in [1.29, 1.82) is 0 Å². The average Bonchev–Trinajstić information content (AvgIpc) is 2.23. The highest BCUT2D eigenvalue weighted by atomic mass is 16.2. The lowest BCUT2D eigenvalue weighted by Gasteiger charge is -2.12. The molecule has 0 saturated carbocycles. The number of urea groups is 1. The Hall–Kier alpha value is -1.06. The summed E-state index contributed by atoms with van der Waals surface area (Å²) < 4.78 is 0. The molecule has 0 aromatic heterocycles. The molecule has 68 valence electrons. The van der Waals surface area contributed by atoms with E-state index in [0.29, 0.717) is 6.54 Å². The SMILES string of the molecule is CCCN1C(=O)C(C)N(C)C1=O. The molecule has 12 heavy (non-hydrogen) atoms.